The third kappa shape index (κ3) is 5.61. The van der Waals surface area contributed by atoms with Crippen molar-refractivity contribution in [1.29, 1.82) is 0 Å². The number of para-hydroxylation sites is 1. The minimum absolute atomic E-state index is 0. The van der Waals surface area contributed by atoms with E-state index in [2.05, 4.69) is 27.6 Å². The van der Waals surface area contributed by atoms with Gasteiger partial charge in [-0.25, -0.2) is 0 Å². The van der Waals surface area contributed by atoms with Crippen LogP contribution in [-0.2, 0) is 0 Å². The third-order valence-corrected chi connectivity index (χ3v) is 4.08. The molecule has 1 aliphatic rings. The predicted molar refractivity (Wildman–Crippen MR) is 105 cm³/mol. The molecule has 0 saturated heterocycles. The standard InChI is InChI=1S/C16H21N3OS.HI/c1-3-11-21-12-9-18-16(17-2)19-14-8-10-20-15-7-5-4-6-13(14)15;/h1,4-7,14H,8-12H2,2H3,(H2,17,18,19);1H. The minimum atomic E-state index is 0. The Labute approximate surface area is 153 Å². The van der Waals surface area contributed by atoms with Gasteiger partial charge in [0.25, 0.3) is 0 Å². The molecule has 0 radical (unpaired) electrons. The number of halogens is 1. The van der Waals surface area contributed by atoms with Gasteiger partial charge >= 0.3 is 0 Å². The van der Waals surface area contributed by atoms with Gasteiger partial charge in [0.1, 0.15) is 5.75 Å². The zero-order chi connectivity index (χ0) is 14.9. The summed E-state index contributed by atoms with van der Waals surface area (Å²) in [7, 11) is 1.79. The Morgan fingerprint density at radius 2 is 2.32 bits per heavy atom. The normalized spacial score (nSPS) is 16.5. The fourth-order valence-corrected chi connectivity index (χ4v) is 2.73. The van der Waals surface area contributed by atoms with Crippen molar-refractivity contribution in [1.82, 2.24) is 10.6 Å². The molecule has 120 valence electrons. The van der Waals surface area contributed by atoms with Gasteiger partial charge in [0, 0.05) is 31.3 Å². The number of nitrogens with zero attached hydrogens (tertiary/aromatic N) is 1. The fourth-order valence-electron chi connectivity index (χ4n) is 2.22. The van der Waals surface area contributed by atoms with E-state index >= 15 is 0 Å². The molecule has 0 spiro atoms. The Bertz CT molecular complexity index is 530. The Balaban J connectivity index is 0.00000242. The molecule has 6 heteroatoms. The molecule has 0 bridgehead atoms. The summed E-state index contributed by atoms with van der Waals surface area (Å²) in [4.78, 5) is 4.28. The maximum absolute atomic E-state index is 5.67. The Morgan fingerprint density at radius 1 is 1.50 bits per heavy atom. The number of terminal acetylenes is 1. The van der Waals surface area contributed by atoms with E-state index in [1.165, 1.54) is 5.56 Å². The molecule has 1 unspecified atom stereocenters. The van der Waals surface area contributed by atoms with E-state index < -0.39 is 0 Å². The highest BCUT2D eigenvalue weighted by molar-refractivity contribution is 14.0. The summed E-state index contributed by atoms with van der Waals surface area (Å²) >= 11 is 1.74. The predicted octanol–water partition coefficient (Wildman–Crippen LogP) is 2.66. The van der Waals surface area contributed by atoms with E-state index in [1.54, 1.807) is 18.8 Å². The molecule has 0 aliphatic carbocycles. The number of ether oxygens (including phenoxy) is 1. The second kappa shape index (κ2) is 10.6. The lowest BCUT2D eigenvalue weighted by atomic mass is 10.0. The lowest BCUT2D eigenvalue weighted by Crippen LogP contribution is -2.41. The third-order valence-electron chi connectivity index (χ3n) is 3.22. The molecule has 1 heterocycles. The van der Waals surface area contributed by atoms with Crippen LogP contribution in [0.15, 0.2) is 29.3 Å². The average Bonchev–Trinajstić information content (AvgIpc) is 2.53. The van der Waals surface area contributed by atoms with Crippen molar-refractivity contribution in [3.63, 3.8) is 0 Å². The lowest BCUT2D eigenvalue weighted by Gasteiger charge is -2.28. The second-order valence-electron chi connectivity index (χ2n) is 4.63. The van der Waals surface area contributed by atoms with Crippen LogP contribution in [0.1, 0.15) is 18.0 Å². The van der Waals surface area contributed by atoms with Crippen molar-refractivity contribution in [2.75, 3.05) is 31.7 Å². The number of nitrogens with one attached hydrogen (secondary N) is 2. The van der Waals surface area contributed by atoms with Crippen molar-refractivity contribution in [2.45, 2.75) is 12.5 Å². The van der Waals surface area contributed by atoms with Gasteiger partial charge in [-0.3, -0.25) is 4.99 Å². The first-order chi connectivity index (χ1) is 10.3. The largest absolute Gasteiger partial charge is 0.493 e. The topological polar surface area (TPSA) is 45.7 Å². The Hall–Kier alpha value is -1.07. The first-order valence-corrected chi connectivity index (χ1v) is 8.20. The summed E-state index contributed by atoms with van der Waals surface area (Å²) in [6.07, 6.45) is 6.16. The molecule has 1 aromatic carbocycles. The summed E-state index contributed by atoms with van der Waals surface area (Å²) < 4.78 is 5.67. The number of benzene rings is 1. The highest BCUT2D eigenvalue weighted by Gasteiger charge is 2.21. The average molecular weight is 431 g/mol. The van der Waals surface area contributed by atoms with Crippen LogP contribution in [-0.4, -0.2) is 37.7 Å². The second-order valence-corrected chi connectivity index (χ2v) is 5.73. The van der Waals surface area contributed by atoms with Crippen LogP contribution in [0.2, 0.25) is 0 Å². The molecule has 0 amide bonds. The van der Waals surface area contributed by atoms with E-state index in [-0.39, 0.29) is 30.0 Å². The van der Waals surface area contributed by atoms with E-state index in [0.717, 1.165) is 42.8 Å². The molecule has 22 heavy (non-hydrogen) atoms. The van der Waals surface area contributed by atoms with Crippen molar-refractivity contribution in [3.8, 4) is 18.1 Å². The van der Waals surface area contributed by atoms with Crippen LogP contribution < -0.4 is 15.4 Å². The van der Waals surface area contributed by atoms with Crippen LogP contribution in [0.4, 0.5) is 0 Å². The molecule has 1 atom stereocenters. The SMILES string of the molecule is C#CCSCCNC(=NC)NC1CCOc2ccccc21.I. The quantitative estimate of drug-likeness (QED) is 0.248. The summed E-state index contributed by atoms with van der Waals surface area (Å²) in [5.74, 6) is 6.12. The van der Waals surface area contributed by atoms with Gasteiger partial charge in [-0.15, -0.1) is 42.2 Å². The molecular formula is C16H22IN3OS. The zero-order valence-electron chi connectivity index (χ0n) is 12.7. The number of rotatable bonds is 5. The van der Waals surface area contributed by atoms with Gasteiger partial charge in [-0.05, 0) is 6.07 Å². The van der Waals surface area contributed by atoms with Crippen LogP contribution in [0, 0.1) is 12.3 Å². The van der Waals surface area contributed by atoms with Crippen molar-refractivity contribution < 1.29 is 4.74 Å². The van der Waals surface area contributed by atoms with Crippen LogP contribution in [0.3, 0.4) is 0 Å². The zero-order valence-corrected chi connectivity index (χ0v) is 15.8. The van der Waals surface area contributed by atoms with Crippen LogP contribution >= 0.6 is 35.7 Å². The van der Waals surface area contributed by atoms with Gasteiger partial charge in [0.15, 0.2) is 5.96 Å². The summed E-state index contributed by atoms with van der Waals surface area (Å²) in [6.45, 7) is 1.57. The summed E-state index contributed by atoms with van der Waals surface area (Å²) in [5, 5.41) is 6.78. The maximum atomic E-state index is 5.67. The number of aliphatic imine (C=N–C) groups is 1. The van der Waals surface area contributed by atoms with Gasteiger partial charge in [-0.2, -0.15) is 0 Å². The van der Waals surface area contributed by atoms with E-state index in [0.29, 0.717) is 0 Å². The summed E-state index contributed by atoms with van der Waals surface area (Å²) in [5.41, 5.74) is 1.19. The van der Waals surface area contributed by atoms with E-state index in [1.807, 2.05) is 18.2 Å². The van der Waals surface area contributed by atoms with Crippen LogP contribution in [0.5, 0.6) is 5.75 Å². The molecule has 1 aliphatic heterocycles. The molecule has 0 saturated carbocycles. The molecule has 4 nitrogen and oxygen atoms in total. The number of hydrogen-bond acceptors (Lipinski definition) is 3. The summed E-state index contributed by atoms with van der Waals surface area (Å²) in [6, 6.07) is 8.38. The maximum Gasteiger partial charge on any atom is 0.191 e. The first kappa shape index (κ1) is 19.0. The minimum Gasteiger partial charge on any atom is -0.493 e. The smallest absolute Gasteiger partial charge is 0.191 e. The monoisotopic (exact) mass is 431 g/mol. The van der Waals surface area contributed by atoms with Crippen molar-refractivity contribution in [3.05, 3.63) is 29.8 Å². The fraction of sp³-hybridized carbons (Fsp3) is 0.438. The van der Waals surface area contributed by atoms with Gasteiger partial charge in [-0.1, -0.05) is 24.1 Å². The van der Waals surface area contributed by atoms with E-state index in [9.17, 15) is 0 Å². The van der Waals surface area contributed by atoms with Gasteiger partial charge < -0.3 is 15.4 Å². The molecule has 2 N–H and O–H groups in total. The van der Waals surface area contributed by atoms with Gasteiger partial charge in [0.2, 0.25) is 0 Å². The molecular weight excluding hydrogens is 409 g/mol. The van der Waals surface area contributed by atoms with Crippen LogP contribution in [0.25, 0.3) is 0 Å². The number of thioether (sulfide) groups is 1. The molecule has 0 aromatic heterocycles. The van der Waals surface area contributed by atoms with Crippen molar-refractivity contribution >= 4 is 41.7 Å². The Morgan fingerprint density at radius 3 is 3.09 bits per heavy atom. The number of hydrogen-bond donors (Lipinski definition) is 2. The van der Waals surface area contributed by atoms with Gasteiger partial charge in [0.05, 0.1) is 18.4 Å². The highest BCUT2D eigenvalue weighted by Crippen LogP contribution is 2.31. The molecule has 1 aromatic rings. The molecule has 2 rings (SSSR count). The van der Waals surface area contributed by atoms with E-state index in [4.69, 9.17) is 11.2 Å². The lowest BCUT2D eigenvalue weighted by molar-refractivity contribution is 0.261. The number of guanidine groups is 1. The van der Waals surface area contributed by atoms with Crippen molar-refractivity contribution in [2.24, 2.45) is 4.99 Å². The Kier molecular flexibility index (Phi) is 9.16. The molecule has 0 fully saturated rings. The highest BCUT2D eigenvalue weighted by atomic mass is 127. The number of fused-ring (bicyclic) bond motifs is 1. The first-order valence-electron chi connectivity index (χ1n) is 7.05.